The molecule has 0 heterocycles. The second kappa shape index (κ2) is 7.79. The lowest BCUT2D eigenvalue weighted by Crippen LogP contribution is -2.17. The molecule has 2 rings (SSSR count). The minimum Gasteiger partial charge on any atom is -0.478 e. The Morgan fingerprint density at radius 2 is 1.87 bits per heavy atom. The third-order valence-electron chi connectivity index (χ3n) is 3.15. The van der Waals surface area contributed by atoms with E-state index < -0.39 is 12.1 Å². The van der Waals surface area contributed by atoms with Crippen molar-refractivity contribution in [2.24, 2.45) is 0 Å². The highest BCUT2D eigenvalue weighted by atomic mass is 16.5. The van der Waals surface area contributed by atoms with E-state index >= 15 is 0 Å². The lowest BCUT2D eigenvalue weighted by molar-refractivity contribution is 0.0698. The zero-order valence-corrected chi connectivity index (χ0v) is 12.7. The van der Waals surface area contributed by atoms with Crippen LogP contribution in [0.15, 0.2) is 54.6 Å². The Morgan fingerprint density at radius 3 is 2.57 bits per heavy atom. The van der Waals surface area contributed by atoms with Crippen molar-refractivity contribution in [3.05, 3.63) is 71.3 Å². The highest BCUT2D eigenvalue weighted by molar-refractivity contribution is 5.99. The number of benzene rings is 2. The maximum Gasteiger partial charge on any atom is 0.411 e. The molecule has 0 aliphatic rings. The number of amides is 1. The smallest absolute Gasteiger partial charge is 0.411 e. The molecule has 0 saturated heterocycles. The molecular formula is C18H17NO4. The van der Waals surface area contributed by atoms with Gasteiger partial charge in [-0.3, -0.25) is 5.32 Å². The summed E-state index contributed by atoms with van der Waals surface area (Å²) in [6.07, 6.45) is 2.86. The van der Waals surface area contributed by atoms with Crippen LogP contribution in [0.3, 0.4) is 0 Å². The maximum atomic E-state index is 11.8. The molecule has 0 aliphatic heterocycles. The molecule has 0 radical (unpaired) electrons. The Hall–Kier alpha value is -3.08. The van der Waals surface area contributed by atoms with E-state index in [0.717, 1.165) is 5.56 Å². The van der Waals surface area contributed by atoms with E-state index in [1.807, 2.05) is 36.4 Å². The van der Waals surface area contributed by atoms with Crippen LogP contribution in [0.2, 0.25) is 0 Å². The molecule has 0 saturated carbocycles. The van der Waals surface area contributed by atoms with Crippen LogP contribution in [0, 0.1) is 6.92 Å². The third kappa shape index (κ3) is 4.71. The number of hydrogen-bond donors (Lipinski definition) is 2. The van der Waals surface area contributed by atoms with Crippen LogP contribution in [0.4, 0.5) is 10.5 Å². The van der Waals surface area contributed by atoms with E-state index in [2.05, 4.69) is 5.32 Å². The van der Waals surface area contributed by atoms with Gasteiger partial charge in [-0.15, -0.1) is 0 Å². The van der Waals surface area contributed by atoms with Gasteiger partial charge in [-0.25, -0.2) is 9.59 Å². The van der Waals surface area contributed by atoms with Crippen molar-refractivity contribution >= 4 is 23.8 Å². The van der Waals surface area contributed by atoms with Gasteiger partial charge in [0.1, 0.15) is 6.61 Å². The predicted molar refractivity (Wildman–Crippen MR) is 88.6 cm³/mol. The first kappa shape index (κ1) is 16.3. The summed E-state index contributed by atoms with van der Waals surface area (Å²) in [5.41, 5.74) is 1.93. The van der Waals surface area contributed by atoms with Gasteiger partial charge >= 0.3 is 12.1 Å². The maximum absolute atomic E-state index is 11.8. The quantitative estimate of drug-likeness (QED) is 0.876. The lowest BCUT2D eigenvalue weighted by Gasteiger charge is -2.11. The number of carboxylic acid groups (broad SMARTS) is 1. The van der Waals surface area contributed by atoms with Crippen LogP contribution in [0.5, 0.6) is 0 Å². The number of aryl methyl sites for hydroxylation is 1. The van der Waals surface area contributed by atoms with Crippen molar-refractivity contribution in [2.45, 2.75) is 6.92 Å². The standard InChI is InChI=1S/C18H17NO4/c1-13-7-5-11-15(17(20)21)16(13)19-18(22)23-12-6-10-14-8-3-2-4-9-14/h2-11H,12H2,1H3,(H,19,22)(H,20,21). The van der Waals surface area contributed by atoms with Gasteiger partial charge in [-0.1, -0.05) is 48.5 Å². The van der Waals surface area contributed by atoms with Crippen molar-refractivity contribution < 1.29 is 19.4 Å². The molecule has 2 aromatic rings. The minimum atomic E-state index is -1.10. The number of carbonyl (C=O) groups excluding carboxylic acids is 1. The first-order chi connectivity index (χ1) is 11.1. The number of nitrogens with one attached hydrogen (secondary N) is 1. The molecule has 23 heavy (non-hydrogen) atoms. The Bertz CT molecular complexity index is 723. The van der Waals surface area contributed by atoms with Gasteiger partial charge in [0.05, 0.1) is 11.3 Å². The summed E-state index contributed by atoms with van der Waals surface area (Å²) in [5.74, 6) is -1.10. The summed E-state index contributed by atoms with van der Waals surface area (Å²) in [5, 5.41) is 11.6. The van der Waals surface area contributed by atoms with Gasteiger partial charge in [0.25, 0.3) is 0 Å². The first-order valence-electron chi connectivity index (χ1n) is 7.06. The van der Waals surface area contributed by atoms with E-state index in [-0.39, 0.29) is 17.9 Å². The number of aromatic carboxylic acids is 1. The molecule has 0 aliphatic carbocycles. The normalized spacial score (nSPS) is 10.5. The number of carbonyl (C=O) groups is 2. The zero-order valence-electron chi connectivity index (χ0n) is 12.7. The van der Waals surface area contributed by atoms with Crippen molar-refractivity contribution in [3.63, 3.8) is 0 Å². The average Bonchev–Trinajstić information content (AvgIpc) is 2.54. The fraction of sp³-hybridized carbons (Fsp3) is 0.111. The molecule has 0 unspecified atom stereocenters. The summed E-state index contributed by atoms with van der Waals surface area (Å²) in [6.45, 7) is 1.81. The molecule has 0 fully saturated rings. The first-order valence-corrected chi connectivity index (χ1v) is 7.06. The molecular weight excluding hydrogens is 294 g/mol. The van der Waals surface area contributed by atoms with Gasteiger partial charge in [-0.05, 0) is 30.2 Å². The molecule has 118 valence electrons. The Labute approximate surface area is 134 Å². The Morgan fingerprint density at radius 1 is 1.13 bits per heavy atom. The van der Waals surface area contributed by atoms with Crippen LogP contribution in [-0.4, -0.2) is 23.8 Å². The van der Waals surface area contributed by atoms with Crippen LogP contribution in [-0.2, 0) is 4.74 Å². The van der Waals surface area contributed by atoms with Crippen molar-refractivity contribution in [1.29, 1.82) is 0 Å². The lowest BCUT2D eigenvalue weighted by atomic mass is 10.1. The van der Waals surface area contributed by atoms with Crippen LogP contribution >= 0.6 is 0 Å². The third-order valence-corrected chi connectivity index (χ3v) is 3.15. The van der Waals surface area contributed by atoms with Gasteiger partial charge in [-0.2, -0.15) is 0 Å². The minimum absolute atomic E-state index is 0.0294. The molecule has 0 atom stereocenters. The van der Waals surface area contributed by atoms with Gasteiger partial charge in [0.15, 0.2) is 0 Å². The number of ether oxygens (including phenoxy) is 1. The number of para-hydroxylation sites is 1. The fourth-order valence-electron chi connectivity index (χ4n) is 2.02. The van der Waals surface area contributed by atoms with Gasteiger partial charge < -0.3 is 9.84 Å². The SMILES string of the molecule is Cc1cccc(C(=O)O)c1NC(=O)OCC=Cc1ccccc1. The number of rotatable bonds is 5. The zero-order chi connectivity index (χ0) is 16.7. The summed E-state index contributed by atoms with van der Waals surface area (Å²) in [4.78, 5) is 23.0. The average molecular weight is 311 g/mol. The Kier molecular flexibility index (Phi) is 5.52. The van der Waals surface area contributed by atoms with Gasteiger partial charge in [0.2, 0.25) is 0 Å². The summed E-state index contributed by atoms with van der Waals surface area (Å²) < 4.78 is 5.03. The number of hydrogen-bond acceptors (Lipinski definition) is 3. The molecule has 1 amide bonds. The summed E-state index contributed by atoms with van der Waals surface area (Å²) in [7, 11) is 0. The van der Waals surface area contributed by atoms with E-state index in [1.165, 1.54) is 6.07 Å². The number of anilines is 1. The molecule has 5 nitrogen and oxygen atoms in total. The highest BCUT2D eigenvalue weighted by Gasteiger charge is 2.14. The molecule has 5 heteroatoms. The molecule has 0 spiro atoms. The topological polar surface area (TPSA) is 75.6 Å². The van der Waals surface area contributed by atoms with E-state index in [1.54, 1.807) is 25.1 Å². The summed E-state index contributed by atoms with van der Waals surface area (Å²) >= 11 is 0. The molecule has 0 aromatic heterocycles. The van der Waals surface area contributed by atoms with E-state index in [9.17, 15) is 9.59 Å². The second-order valence-electron chi connectivity index (χ2n) is 4.84. The fourth-order valence-corrected chi connectivity index (χ4v) is 2.02. The van der Waals surface area contributed by atoms with Crippen molar-refractivity contribution in [3.8, 4) is 0 Å². The second-order valence-corrected chi connectivity index (χ2v) is 4.84. The summed E-state index contributed by atoms with van der Waals surface area (Å²) in [6, 6.07) is 14.4. The van der Waals surface area contributed by atoms with Crippen molar-refractivity contribution in [1.82, 2.24) is 0 Å². The predicted octanol–water partition coefficient (Wildman–Crippen LogP) is 3.96. The Balaban J connectivity index is 1.93. The molecule has 2 aromatic carbocycles. The van der Waals surface area contributed by atoms with Crippen LogP contribution < -0.4 is 5.32 Å². The monoisotopic (exact) mass is 311 g/mol. The van der Waals surface area contributed by atoms with Crippen molar-refractivity contribution in [2.75, 3.05) is 11.9 Å². The van der Waals surface area contributed by atoms with Crippen LogP contribution in [0.25, 0.3) is 6.08 Å². The van der Waals surface area contributed by atoms with E-state index in [4.69, 9.17) is 9.84 Å². The molecule has 2 N–H and O–H groups in total. The number of carboxylic acids is 1. The van der Waals surface area contributed by atoms with Crippen LogP contribution in [0.1, 0.15) is 21.5 Å². The largest absolute Gasteiger partial charge is 0.478 e. The molecule has 0 bridgehead atoms. The van der Waals surface area contributed by atoms with Gasteiger partial charge in [0, 0.05) is 0 Å². The highest BCUT2D eigenvalue weighted by Crippen LogP contribution is 2.20. The van der Waals surface area contributed by atoms with E-state index in [0.29, 0.717) is 5.56 Å².